The minimum atomic E-state index is -1.46. The molecule has 4 rings (SSSR count). The van der Waals surface area contributed by atoms with Gasteiger partial charge < -0.3 is 9.47 Å². The van der Waals surface area contributed by atoms with E-state index in [4.69, 9.17) is 9.47 Å². The number of rotatable bonds is 4. The lowest BCUT2D eigenvalue weighted by Gasteiger charge is -2.44. The Bertz CT molecular complexity index is 713. The summed E-state index contributed by atoms with van der Waals surface area (Å²) in [6.45, 7) is 11.8. The Labute approximate surface area is 153 Å². The van der Waals surface area contributed by atoms with Crippen LogP contribution in [0.3, 0.4) is 0 Å². The summed E-state index contributed by atoms with van der Waals surface area (Å²) in [6, 6.07) is 4.23. The molecule has 2 fully saturated rings. The fraction of sp³-hybridized carbons (Fsp3) is 0.636. The normalized spacial score (nSPS) is 30.2. The van der Waals surface area contributed by atoms with Gasteiger partial charge in [0.1, 0.15) is 11.5 Å². The van der Waals surface area contributed by atoms with Gasteiger partial charge in [0.15, 0.2) is 0 Å². The van der Waals surface area contributed by atoms with Crippen LogP contribution in [0.2, 0.25) is 18.1 Å². The summed E-state index contributed by atoms with van der Waals surface area (Å²) < 4.78 is 11.9. The fourth-order valence-corrected chi connectivity index (χ4v) is 6.03. The zero-order valence-corrected chi connectivity index (χ0v) is 17.6. The summed E-state index contributed by atoms with van der Waals surface area (Å²) >= 11 is 0. The first-order chi connectivity index (χ1) is 11.7. The van der Waals surface area contributed by atoms with Gasteiger partial charge in [-0.2, -0.15) is 0 Å². The molecule has 4 unspecified atom stereocenters. The first-order valence-electron chi connectivity index (χ1n) is 9.80. The van der Waals surface area contributed by atoms with Crippen molar-refractivity contribution in [3.63, 3.8) is 0 Å². The van der Waals surface area contributed by atoms with E-state index in [0.717, 1.165) is 35.2 Å². The van der Waals surface area contributed by atoms with E-state index < -0.39 is 8.07 Å². The Hall–Kier alpha value is -1.22. The highest BCUT2D eigenvalue weighted by Gasteiger charge is 2.57. The van der Waals surface area contributed by atoms with Crippen molar-refractivity contribution >= 4 is 8.07 Å². The van der Waals surface area contributed by atoms with Gasteiger partial charge in [-0.15, -0.1) is 0 Å². The highest BCUT2D eigenvalue weighted by molar-refractivity contribution is 6.84. The number of benzene rings is 1. The molecular formula is C22H32O2Si. The quantitative estimate of drug-likeness (QED) is 0.469. The topological polar surface area (TPSA) is 18.5 Å². The van der Waals surface area contributed by atoms with Gasteiger partial charge in [0, 0.05) is 11.1 Å². The van der Waals surface area contributed by atoms with Crippen LogP contribution in [-0.2, 0) is 0 Å². The van der Waals surface area contributed by atoms with Crippen molar-refractivity contribution in [3.05, 3.63) is 35.2 Å². The van der Waals surface area contributed by atoms with Gasteiger partial charge in [-0.25, -0.2) is 0 Å². The van der Waals surface area contributed by atoms with E-state index in [0.29, 0.717) is 5.04 Å². The molecular weight excluding hydrogens is 324 g/mol. The second-order valence-corrected chi connectivity index (χ2v) is 15.1. The second kappa shape index (κ2) is 5.64. The van der Waals surface area contributed by atoms with Crippen LogP contribution in [0, 0.1) is 11.8 Å². The molecule has 2 bridgehead atoms. The largest absolute Gasteiger partial charge is 0.496 e. The Morgan fingerprint density at radius 2 is 1.56 bits per heavy atom. The third-order valence-corrected chi connectivity index (χ3v) is 12.5. The molecule has 3 aliphatic rings. The Kier molecular flexibility index (Phi) is 3.88. The van der Waals surface area contributed by atoms with Gasteiger partial charge >= 0.3 is 0 Å². The molecule has 136 valence electrons. The Balaban J connectivity index is 1.62. The number of hydrogen-bond acceptors (Lipinski definition) is 2. The van der Waals surface area contributed by atoms with Gasteiger partial charge in [-0.3, -0.25) is 0 Å². The summed E-state index contributed by atoms with van der Waals surface area (Å²) in [4.78, 5) is 0. The number of ether oxygens (including phenoxy) is 2. The van der Waals surface area contributed by atoms with Crippen LogP contribution in [0.15, 0.2) is 24.1 Å². The molecule has 3 heteroatoms. The van der Waals surface area contributed by atoms with Crippen LogP contribution in [0.4, 0.5) is 0 Å². The number of fused-ring (bicyclic) bond motifs is 8. The van der Waals surface area contributed by atoms with Crippen LogP contribution < -0.4 is 9.47 Å². The van der Waals surface area contributed by atoms with E-state index >= 15 is 0 Å². The highest BCUT2D eigenvalue weighted by Crippen LogP contribution is 2.71. The summed E-state index contributed by atoms with van der Waals surface area (Å²) in [7, 11) is 0.340. The lowest BCUT2D eigenvalue weighted by atomic mass is 9.61. The number of hydrogen-bond donors (Lipinski definition) is 0. The van der Waals surface area contributed by atoms with Crippen molar-refractivity contribution in [3.8, 4) is 11.5 Å². The minimum absolute atomic E-state index is 0.341. The van der Waals surface area contributed by atoms with E-state index in [1.165, 1.54) is 30.4 Å². The van der Waals surface area contributed by atoms with Crippen LogP contribution in [-0.4, -0.2) is 15.2 Å². The van der Waals surface area contributed by atoms with Gasteiger partial charge in [-0.05, 0) is 60.1 Å². The van der Waals surface area contributed by atoms with Crippen molar-refractivity contribution < 1.29 is 9.47 Å². The molecule has 25 heavy (non-hydrogen) atoms. The van der Waals surface area contributed by atoms with Crippen molar-refractivity contribution in [2.45, 2.75) is 70.0 Å². The van der Waals surface area contributed by atoms with E-state index in [1.54, 1.807) is 7.11 Å². The summed E-state index contributed by atoms with van der Waals surface area (Å²) in [6.07, 6.45) is 6.19. The van der Waals surface area contributed by atoms with Crippen LogP contribution >= 0.6 is 0 Å². The van der Waals surface area contributed by atoms with Crippen molar-refractivity contribution in [1.29, 1.82) is 0 Å². The van der Waals surface area contributed by atoms with Gasteiger partial charge in [-0.1, -0.05) is 39.6 Å². The third-order valence-electron chi connectivity index (χ3n) is 7.62. The molecule has 0 N–H and O–H groups in total. The molecule has 3 aliphatic carbocycles. The highest BCUT2D eigenvalue weighted by atomic mass is 28.3. The molecule has 0 saturated heterocycles. The molecule has 2 saturated carbocycles. The third kappa shape index (κ3) is 2.49. The second-order valence-electron chi connectivity index (χ2n) is 9.87. The predicted octanol–water partition coefficient (Wildman–Crippen LogP) is 6.25. The lowest BCUT2D eigenvalue weighted by molar-refractivity contribution is 0.294. The number of methoxy groups -OCH3 is 1. The van der Waals surface area contributed by atoms with E-state index in [-0.39, 0.29) is 0 Å². The molecule has 0 aromatic heterocycles. The molecule has 1 aromatic carbocycles. The minimum Gasteiger partial charge on any atom is -0.496 e. The van der Waals surface area contributed by atoms with Gasteiger partial charge in [0.25, 0.3) is 0 Å². The Morgan fingerprint density at radius 1 is 1.00 bits per heavy atom. The summed E-state index contributed by atoms with van der Waals surface area (Å²) in [5, 5.41) is 0.341. The van der Waals surface area contributed by atoms with E-state index in [1.807, 2.05) is 6.26 Å². The standard InChI is InChI=1S/C22H32O2Si/c1-22(2,3)25(5,6)12-11-24-17-10-9-16(23-4)20-18-14-7-8-15(13-14)19(18)21(17)20/h9-12,14-15,18-19H,7-8,13H2,1-6H3/b12-11-. The van der Waals surface area contributed by atoms with Crippen LogP contribution in [0.1, 0.15) is 63.0 Å². The maximum Gasteiger partial charge on any atom is 0.130 e. The molecule has 0 spiro atoms. The molecule has 1 aromatic rings. The maximum atomic E-state index is 6.21. The molecule has 0 radical (unpaired) electrons. The average molecular weight is 357 g/mol. The van der Waals surface area contributed by atoms with Crippen molar-refractivity contribution in [2.24, 2.45) is 11.8 Å². The van der Waals surface area contributed by atoms with Crippen molar-refractivity contribution in [2.75, 3.05) is 7.11 Å². The van der Waals surface area contributed by atoms with Crippen molar-refractivity contribution in [1.82, 2.24) is 0 Å². The molecule has 4 atom stereocenters. The molecule has 2 nitrogen and oxygen atoms in total. The zero-order chi connectivity index (χ0) is 18.0. The molecule has 0 aliphatic heterocycles. The first-order valence-corrected chi connectivity index (χ1v) is 12.9. The fourth-order valence-electron chi connectivity index (χ4n) is 5.12. The first kappa shape index (κ1) is 17.2. The maximum absolute atomic E-state index is 6.21. The molecule has 0 heterocycles. The average Bonchev–Trinajstić information content (AvgIpc) is 3.07. The van der Waals surface area contributed by atoms with E-state index in [2.05, 4.69) is 51.7 Å². The lowest BCUT2D eigenvalue weighted by Crippen LogP contribution is -2.35. The van der Waals surface area contributed by atoms with Crippen LogP contribution in [0.5, 0.6) is 11.5 Å². The SMILES string of the molecule is COc1ccc(O/C=C\[Si](C)(C)C(C)(C)C)c2c1C1C3CCC(C3)C21. The van der Waals surface area contributed by atoms with Crippen LogP contribution in [0.25, 0.3) is 0 Å². The molecule has 0 amide bonds. The van der Waals surface area contributed by atoms with Gasteiger partial charge in [0.2, 0.25) is 0 Å². The van der Waals surface area contributed by atoms with E-state index in [9.17, 15) is 0 Å². The zero-order valence-electron chi connectivity index (χ0n) is 16.6. The smallest absolute Gasteiger partial charge is 0.130 e. The van der Waals surface area contributed by atoms with Gasteiger partial charge in [0.05, 0.1) is 21.4 Å². The summed E-state index contributed by atoms with van der Waals surface area (Å²) in [5.41, 5.74) is 5.26. The summed E-state index contributed by atoms with van der Waals surface area (Å²) in [5.74, 6) is 5.36. The predicted molar refractivity (Wildman–Crippen MR) is 106 cm³/mol. The monoisotopic (exact) mass is 356 g/mol. The Morgan fingerprint density at radius 3 is 2.12 bits per heavy atom.